The normalized spacial score (nSPS) is 16.6. The van der Waals surface area contributed by atoms with Crippen LogP contribution in [-0.4, -0.2) is 26.6 Å². The lowest BCUT2D eigenvalue weighted by molar-refractivity contribution is -0.129. The first-order chi connectivity index (χ1) is 7.03. The minimum Gasteiger partial charge on any atom is -0.413 e. The van der Waals surface area contributed by atoms with Gasteiger partial charge in [0, 0.05) is 0 Å². The highest BCUT2D eigenvalue weighted by molar-refractivity contribution is 6.74. The van der Waals surface area contributed by atoms with Crippen LogP contribution in [-0.2, 0) is 14.0 Å². The van der Waals surface area contributed by atoms with E-state index in [9.17, 15) is 9.59 Å². The summed E-state index contributed by atoms with van der Waals surface area (Å²) >= 11 is 0. The minimum absolute atomic E-state index is 0.0480. The molecule has 0 aromatic carbocycles. The third-order valence-electron chi connectivity index (χ3n) is 3.27. The average molecular weight is 245 g/mol. The second kappa shape index (κ2) is 5.10. The summed E-state index contributed by atoms with van der Waals surface area (Å²) in [6.45, 7) is 12.2. The molecule has 2 atom stereocenters. The fraction of sp³-hybridized carbons (Fsp3) is 0.818. The molecule has 0 saturated heterocycles. The van der Waals surface area contributed by atoms with Crippen molar-refractivity contribution in [1.29, 1.82) is 0 Å². The van der Waals surface area contributed by atoms with Gasteiger partial charge in [0.2, 0.25) is 5.91 Å². The number of rotatable bonds is 5. The Kier molecular flexibility index (Phi) is 4.88. The average Bonchev–Trinajstić information content (AvgIpc) is 2.00. The monoisotopic (exact) mass is 245 g/mol. The number of carbonyl (C=O) groups excluding carboxylic acids is 2. The van der Waals surface area contributed by atoms with Gasteiger partial charge in [0.25, 0.3) is 0 Å². The van der Waals surface area contributed by atoms with Crippen molar-refractivity contribution < 1.29 is 14.0 Å². The first-order valence-corrected chi connectivity index (χ1v) is 8.36. The summed E-state index contributed by atoms with van der Waals surface area (Å²) in [4.78, 5) is 21.8. The smallest absolute Gasteiger partial charge is 0.230 e. The van der Waals surface area contributed by atoms with E-state index in [2.05, 4.69) is 33.9 Å². The van der Waals surface area contributed by atoms with Gasteiger partial charge in [-0.3, -0.25) is 4.79 Å². The molecule has 1 unspecified atom stereocenters. The molecule has 2 N–H and O–H groups in total. The molecule has 16 heavy (non-hydrogen) atoms. The minimum atomic E-state index is -1.96. The third kappa shape index (κ3) is 3.72. The highest BCUT2D eigenvalue weighted by atomic mass is 28.4. The van der Waals surface area contributed by atoms with E-state index in [-0.39, 0.29) is 5.04 Å². The van der Waals surface area contributed by atoms with Crippen molar-refractivity contribution in [1.82, 2.24) is 0 Å². The second-order valence-corrected chi connectivity index (χ2v) is 10.4. The van der Waals surface area contributed by atoms with Crippen molar-refractivity contribution in [2.45, 2.75) is 51.9 Å². The fourth-order valence-electron chi connectivity index (χ4n) is 1.12. The Labute approximate surface area is 98.7 Å². The van der Waals surface area contributed by atoms with Gasteiger partial charge < -0.3 is 15.0 Å². The van der Waals surface area contributed by atoms with E-state index in [1.165, 1.54) is 0 Å². The van der Waals surface area contributed by atoms with Crippen molar-refractivity contribution in [3.63, 3.8) is 0 Å². The van der Waals surface area contributed by atoms with E-state index in [0.717, 1.165) is 0 Å². The van der Waals surface area contributed by atoms with Gasteiger partial charge in [0.05, 0.1) is 6.10 Å². The van der Waals surface area contributed by atoms with E-state index in [0.29, 0.717) is 6.29 Å². The van der Waals surface area contributed by atoms with Crippen LogP contribution in [0, 0.1) is 5.92 Å². The van der Waals surface area contributed by atoms with E-state index in [1.54, 1.807) is 6.92 Å². The Morgan fingerprint density at radius 2 is 1.81 bits per heavy atom. The largest absolute Gasteiger partial charge is 0.413 e. The highest BCUT2D eigenvalue weighted by Crippen LogP contribution is 2.37. The quantitative estimate of drug-likeness (QED) is 0.455. The maximum absolute atomic E-state index is 11.0. The Hall–Kier alpha value is -0.683. The molecule has 0 fully saturated rings. The molecule has 0 heterocycles. The molecule has 0 aromatic heterocycles. The predicted molar refractivity (Wildman–Crippen MR) is 66.5 cm³/mol. The molecule has 0 aliphatic carbocycles. The molecule has 0 bridgehead atoms. The van der Waals surface area contributed by atoms with Crippen LogP contribution in [0.1, 0.15) is 27.7 Å². The van der Waals surface area contributed by atoms with E-state index >= 15 is 0 Å². The molecule has 0 aliphatic heterocycles. The number of carbonyl (C=O) groups is 2. The molecule has 5 heteroatoms. The Balaban J connectivity index is 4.73. The summed E-state index contributed by atoms with van der Waals surface area (Å²) in [5.41, 5.74) is 5.14. The van der Waals surface area contributed by atoms with E-state index in [1.807, 2.05) is 0 Å². The molecule has 94 valence electrons. The summed E-state index contributed by atoms with van der Waals surface area (Å²) < 4.78 is 5.92. The van der Waals surface area contributed by atoms with Crippen molar-refractivity contribution in [2.24, 2.45) is 11.7 Å². The number of amides is 1. The van der Waals surface area contributed by atoms with Crippen molar-refractivity contribution in [3.8, 4) is 0 Å². The van der Waals surface area contributed by atoms with Gasteiger partial charge in [-0.05, 0) is 25.1 Å². The number of primary amides is 1. The van der Waals surface area contributed by atoms with Gasteiger partial charge >= 0.3 is 0 Å². The van der Waals surface area contributed by atoms with Gasteiger partial charge in [0.15, 0.2) is 8.32 Å². The number of aldehydes is 1. The maximum atomic E-state index is 11.0. The molecule has 0 saturated carbocycles. The Bertz CT molecular complexity index is 271. The molecule has 0 aromatic rings. The van der Waals surface area contributed by atoms with Gasteiger partial charge in [-0.15, -0.1) is 0 Å². The van der Waals surface area contributed by atoms with Crippen LogP contribution >= 0.6 is 0 Å². The SMILES string of the molecule is C[C@@H](O[Si](C)(C)C(C)(C)C)C(C=O)C(N)=O. The predicted octanol–water partition coefficient (Wildman–Crippen LogP) is 1.70. The molecule has 0 spiro atoms. The Morgan fingerprint density at radius 1 is 1.38 bits per heavy atom. The Morgan fingerprint density at radius 3 is 2.06 bits per heavy atom. The molecular formula is C11H23NO3Si. The molecular weight excluding hydrogens is 222 g/mol. The zero-order chi connectivity index (χ0) is 13.1. The zero-order valence-electron chi connectivity index (χ0n) is 11.0. The summed E-state index contributed by atoms with van der Waals surface area (Å²) in [6.07, 6.45) is 0.121. The highest BCUT2D eigenvalue weighted by Gasteiger charge is 2.40. The molecule has 0 radical (unpaired) electrons. The lowest BCUT2D eigenvalue weighted by atomic mass is 10.1. The van der Waals surface area contributed by atoms with Crippen LogP contribution in [0.5, 0.6) is 0 Å². The van der Waals surface area contributed by atoms with Gasteiger partial charge in [-0.25, -0.2) is 0 Å². The number of hydrogen-bond acceptors (Lipinski definition) is 3. The van der Waals surface area contributed by atoms with Crippen molar-refractivity contribution in [3.05, 3.63) is 0 Å². The van der Waals surface area contributed by atoms with Crippen LogP contribution in [0.25, 0.3) is 0 Å². The molecule has 4 nitrogen and oxygen atoms in total. The van der Waals surface area contributed by atoms with Crippen LogP contribution in [0.2, 0.25) is 18.1 Å². The van der Waals surface area contributed by atoms with E-state index < -0.39 is 26.2 Å². The van der Waals surface area contributed by atoms with Gasteiger partial charge in [0.1, 0.15) is 12.2 Å². The van der Waals surface area contributed by atoms with E-state index in [4.69, 9.17) is 10.2 Å². The van der Waals surface area contributed by atoms with Crippen molar-refractivity contribution in [2.75, 3.05) is 0 Å². The first kappa shape index (κ1) is 15.3. The van der Waals surface area contributed by atoms with Crippen LogP contribution in [0.4, 0.5) is 0 Å². The topological polar surface area (TPSA) is 69.4 Å². The first-order valence-electron chi connectivity index (χ1n) is 5.45. The van der Waals surface area contributed by atoms with Crippen LogP contribution < -0.4 is 5.73 Å². The summed E-state index contributed by atoms with van der Waals surface area (Å²) in [7, 11) is -1.96. The maximum Gasteiger partial charge on any atom is 0.230 e. The fourth-order valence-corrected chi connectivity index (χ4v) is 2.55. The third-order valence-corrected chi connectivity index (χ3v) is 7.84. The van der Waals surface area contributed by atoms with Gasteiger partial charge in [-0.1, -0.05) is 20.8 Å². The van der Waals surface area contributed by atoms with Crippen LogP contribution in [0.3, 0.4) is 0 Å². The number of hydrogen-bond donors (Lipinski definition) is 1. The molecule has 0 aliphatic rings. The van der Waals surface area contributed by atoms with Crippen LogP contribution in [0.15, 0.2) is 0 Å². The summed E-state index contributed by atoms with van der Waals surface area (Å²) in [6, 6.07) is 0. The lowest BCUT2D eigenvalue weighted by Gasteiger charge is -2.39. The summed E-state index contributed by atoms with van der Waals surface area (Å²) in [5, 5.41) is 0.0480. The molecule has 1 amide bonds. The van der Waals surface area contributed by atoms with Gasteiger partial charge in [-0.2, -0.15) is 0 Å². The number of nitrogens with two attached hydrogens (primary N) is 1. The molecule has 0 rings (SSSR count). The second-order valence-electron chi connectivity index (χ2n) is 5.65. The van der Waals surface area contributed by atoms with Crippen molar-refractivity contribution >= 4 is 20.5 Å². The standard InChI is InChI=1S/C11H23NO3Si/c1-8(9(7-13)10(12)14)15-16(5,6)11(2,3)4/h7-9H,1-6H3,(H2,12,14)/t8-,9?/m1/s1. The summed E-state index contributed by atoms with van der Waals surface area (Å²) in [5.74, 6) is -1.48. The lowest BCUT2D eigenvalue weighted by Crippen LogP contribution is -2.47. The zero-order valence-corrected chi connectivity index (χ0v) is 12.0.